The van der Waals surface area contributed by atoms with Gasteiger partial charge in [-0.15, -0.1) is 0 Å². The Bertz CT molecular complexity index is 433. The Balaban J connectivity index is 3.15. The topological polar surface area (TPSA) is 46.2 Å². The van der Waals surface area contributed by atoms with E-state index in [0.29, 0.717) is 16.0 Å². The molecular weight excluding hydrogens is 290 g/mol. The van der Waals surface area contributed by atoms with Crippen LogP contribution in [0.2, 0.25) is 5.02 Å². The molecule has 1 aromatic rings. The molecule has 0 radical (unpaired) electrons. The Morgan fingerprint density at radius 2 is 2.14 bits per heavy atom. The minimum absolute atomic E-state index is 0.174. The lowest BCUT2D eigenvalue weighted by Crippen LogP contribution is -2.23. The summed E-state index contributed by atoms with van der Waals surface area (Å²) in [4.78, 5) is 0.174. The molecule has 0 bridgehead atoms. The van der Waals surface area contributed by atoms with Gasteiger partial charge in [0.25, 0.3) is 0 Å². The van der Waals surface area contributed by atoms with Gasteiger partial charge in [0.05, 0.1) is 9.92 Å². The van der Waals surface area contributed by atoms with Crippen molar-refractivity contribution in [2.45, 2.75) is 11.8 Å². The zero-order valence-electron chi connectivity index (χ0n) is 7.42. The maximum atomic E-state index is 11.5. The van der Waals surface area contributed by atoms with E-state index in [1.54, 1.807) is 13.0 Å². The molecule has 0 fully saturated rings. The third kappa shape index (κ3) is 2.70. The number of halogens is 2. The summed E-state index contributed by atoms with van der Waals surface area (Å²) < 4.78 is 26.1. The van der Waals surface area contributed by atoms with Gasteiger partial charge in [-0.3, -0.25) is 0 Å². The summed E-state index contributed by atoms with van der Waals surface area (Å²) in [6, 6.07) is 4.50. The van der Waals surface area contributed by atoms with Crippen molar-refractivity contribution in [3.05, 3.63) is 27.7 Å². The first-order valence-corrected chi connectivity index (χ1v) is 6.57. The van der Waals surface area contributed by atoms with Crippen molar-refractivity contribution >= 4 is 37.6 Å². The average molecular weight is 299 g/mol. The molecule has 0 atom stereocenters. The van der Waals surface area contributed by atoms with E-state index in [0.717, 1.165) is 0 Å². The molecule has 3 nitrogen and oxygen atoms in total. The van der Waals surface area contributed by atoms with Crippen molar-refractivity contribution < 1.29 is 8.42 Å². The molecule has 0 aliphatic heterocycles. The Kier molecular flexibility index (Phi) is 3.94. The molecule has 0 saturated heterocycles. The van der Waals surface area contributed by atoms with Gasteiger partial charge in [-0.1, -0.05) is 18.5 Å². The second-order valence-electron chi connectivity index (χ2n) is 2.58. The Hall–Kier alpha value is -0.100. The van der Waals surface area contributed by atoms with Gasteiger partial charge >= 0.3 is 0 Å². The van der Waals surface area contributed by atoms with E-state index in [1.807, 2.05) is 0 Å². The van der Waals surface area contributed by atoms with E-state index in [9.17, 15) is 8.42 Å². The molecule has 1 N–H and O–H groups in total. The Morgan fingerprint density at radius 1 is 1.50 bits per heavy atom. The Labute approximate surface area is 96.6 Å². The third-order valence-corrected chi connectivity index (χ3v) is 4.31. The summed E-state index contributed by atoms with van der Waals surface area (Å²) in [5.74, 6) is 0. The predicted octanol–water partition coefficient (Wildman–Crippen LogP) is 2.40. The second-order valence-corrected chi connectivity index (χ2v) is 5.61. The lowest BCUT2D eigenvalue weighted by molar-refractivity contribution is 0.584. The maximum absolute atomic E-state index is 11.5. The van der Waals surface area contributed by atoms with Crippen LogP contribution in [0.3, 0.4) is 0 Å². The van der Waals surface area contributed by atoms with E-state index >= 15 is 0 Å². The number of hydrogen-bond acceptors (Lipinski definition) is 2. The Morgan fingerprint density at radius 3 is 2.64 bits per heavy atom. The van der Waals surface area contributed by atoms with Crippen LogP contribution in [0, 0.1) is 0 Å². The summed E-state index contributed by atoms with van der Waals surface area (Å²) in [6.45, 7) is 2.08. The van der Waals surface area contributed by atoms with E-state index in [2.05, 4.69) is 20.7 Å². The fourth-order valence-corrected chi connectivity index (χ4v) is 2.48. The van der Waals surface area contributed by atoms with Gasteiger partial charge in [0.2, 0.25) is 10.0 Å². The molecule has 0 aliphatic carbocycles. The molecule has 1 rings (SSSR count). The first-order chi connectivity index (χ1) is 6.47. The zero-order valence-corrected chi connectivity index (χ0v) is 10.6. The normalized spacial score (nSPS) is 11.6. The van der Waals surface area contributed by atoms with Gasteiger partial charge in [0.15, 0.2) is 0 Å². The number of rotatable bonds is 3. The fourth-order valence-electron chi connectivity index (χ4n) is 0.917. The summed E-state index contributed by atoms with van der Waals surface area (Å²) in [7, 11) is -3.40. The van der Waals surface area contributed by atoms with Gasteiger partial charge in [0.1, 0.15) is 0 Å². The molecule has 78 valence electrons. The fraction of sp³-hybridized carbons (Fsp3) is 0.250. The van der Waals surface area contributed by atoms with Gasteiger partial charge in [-0.05, 0) is 34.1 Å². The quantitative estimate of drug-likeness (QED) is 0.931. The highest BCUT2D eigenvalue weighted by Gasteiger charge is 2.13. The van der Waals surface area contributed by atoms with E-state index in [1.165, 1.54) is 12.1 Å². The van der Waals surface area contributed by atoms with Crippen LogP contribution < -0.4 is 4.72 Å². The summed E-state index contributed by atoms with van der Waals surface area (Å²) >= 11 is 8.97. The van der Waals surface area contributed by atoms with Crippen LogP contribution in [0.5, 0.6) is 0 Å². The molecule has 0 spiro atoms. The summed E-state index contributed by atoms with van der Waals surface area (Å²) in [5, 5.41) is 0.379. The van der Waals surface area contributed by atoms with Crippen LogP contribution in [0.1, 0.15) is 6.92 Å². The standard InChI is InChI=1S/C8H9BrClNO2S/c1-2-11-14(12,13)6-3-4-7(9)8(10)5-6/h3-5,11H,2H2,1H3. The number of benzene rings is 1. The molecule has 1 aromatic carbocycles. The van der Waals surface area contributed by atoms with Crippen molar-refractivity contribution in [1.29, 1.82) is 0 Å². The number of sulfonamides is 1. The van der Waals surface area contributed by atoms with Crippen LogP contribution >= 0.6 is 27.5 Å². The average Bonchev–Trinajstić information content (AvgIpc) is 2.09. The molecular formula is C8H9BrClNO2S. The van der Waals surface area contributed by atoms with Gasteiger partial charge in [0, 0.05) is 11.0 Å². The van der Waals surface area contributed by atoms with Crippen molar-refractivity contribution in [3.8, 4) is 0 Å². The van der Waals surface area contributed by atoms with E-state index < -0.39 is 10.0 Å². The highest BCUT2D eigenvalue weighted by atomic mass is 79.9. The molecule has 0 aliphatic rings. The lowest BCUT2D eigenvalue weighted by atomic mass is 10.4. The van der Waals surface area contributed by atoms with E-state index in [-0.39, 0.29) is 4.90 Å². The van der Waals surface area contributed by atoms with Gasteiger partial charge < -0.3 is 0 Å². The zero-order chi connectivity index (χ0) is 10.8. The molecule has 0 amide bonds. The molecule has 14 heavy (non-hydrogen) atoms. The highest BCUT2D eigenvalue weighted by Crippen LogP contribution is 2.24. The summed E-state index contributed by atoms with van der Waals surface area (Å²) in [6.07, 6.45) is 0. The predicted molar refractivity (Wildman–Crippen MR) is 60.0 cm³/mol. The third-order valence-electron chi connectivity index (χ3n) is 1.54. The van der Waals surface area contributed by atoms with Crippen LogP contribution in [0.4, 0.5) is 0 Å². The smallest absolute Gasteiger partial charge is 0.211 e. The van der Waals surface area contributed by atoms with Crippen LogP contribution in [0.15, 0.2) is 27.6 Å². The van der Waals surface area contributed by atoms with Crippen molar-refractivity contribution in [1.82, 2.24) is 4.72 Å². The number of hydrogen-bond donors (Lipinski definition) is 1. The molecule has 0 aromatic heterocycles. The highest BCUT2D eigenvalue weighted by molar-refractivity contribution is 9.10. The first kappa shape index (κ1) is 12.0. The monoisotopic (exact) mass is 297 g/mol. The minimum Gasteiger partial charge on any atom is -0.211 e. The van der Waals surface area contributed by atoms with Crippen molar-refractivity contribution in [3.63, 3.8) is 0 Å². The van der Waals surface area contributed by atoms with Crippen LogP contribution in [0.25, 0.3) is 0 Å². The molecule has 6 heteroatoms. The minimum atomic E-state index is -3.40. The SMILES string of the molecule is CCNS(=O)(=O)c1ccc(Br)c(Cl)c1. The largest absolute Gasteiger partial charge is 0.240 e. The van der Waals surface area contributed by atoms with Crippen LogP contribution in [-0.4, -0.2) is 15.0 Å². The first-order valence-electron chi connectivity index (χ1n) is 3.92. The van der Waals surface area contributed by atoms with Crippen molar-refractivity contribution in [2.24, 2.45) is 0 Å². The maximum Gasteiger partial charge on any atom is 0.240 e. The van der Waals surface area contributed by atoms with Gasteiger partial charge in [-0.25, -0.2) is 13.1 Å². The summed E-state index contributed by atoms with van der Waals surface area (Å²) in [5.41, 5.74) is 0. The molecule has 0 saturated carbocycles. The lowest BCUT2D eigenvalue weighted by Gasteiger charge is -2.05. The van der Waals surface area contributed by atoms with Gasteiger partial charge in [-0.2, -0.15) is 0 Å². The van der Waals surface area contributed by atoms with Crippen molar-refractivity contribution in [2.75, 3.05) is 6.54 Å². The molecule has 0 unspecified atom stereocenters. The van der Waals surface area contributed by atoms with E-state index in [4.69, 9.17) is 11.6 Å². The molecule has 0 heterocycles. The van der Waals surface area contributed by atoms with Crippen LogP contribution in [-0.2, 0) is 10.0 Å². The second kappa shape index (κ2) is 4.61. The number of nitrogens with one attached hydrogen (secondary N) is 1.